The molecule has 0 radical (unpaired) electrons. The molecule has 0 heterocycles. The quantitative estimate of drug-likeness (QED) is 0.834. The molecule has 0 aliphatic rings. The summed E-state index contributed by atoms with van der Waals surface area (Å²) in [7, 11) is 0. The zero-order valence-electron chi connectivity index (χ0n) is 12.2. The van der Waals surface area contributed by atoms with Crippen molar-refractivity contribution in [2.45, 2.75) is 27.2 Å². The molecule has 2 rings (SSSR count). The topological polar surface area (TPSA) is 55.1 Å². The number of carbonyl (C=O) groups is 1. The first-order valence-electron chi connectivity index (χ1n) is 6.79. The van der Waals surface area contributed by atoms with E-state index in [2.05, 4.69) is 12.2 Å². The number of hydrogen-bond donors (Lipinski definition) is 2. The van der Waals surface area contributed by atoms with Crippen LogP contribution in [0.5, 0.6) is 0 Å². The highest BCUT2D eigenvalue weighted by molar-refractivity contribution is 6.06. The van der Waals surface area contributed by atoms with Crippen molar-refractivity contribution >= 4 is 17.3 Å². The number of aryl methyl sites for hydroxylation is 3. The lowest BCUT2D eigenvalue weighted by Crippen LogP contribution is -2.15. The third-order valence-corrected chi connectivity index (χ3v) is 3.49. The molecule has 0 fully saturated rings. The molecule has 0 atom stereocenters. The average molecular weight is 268 g/mol. The van der Waals surface area contributed by atoms with Crippen molar-refractivity contribution in [1.29, 1.82) is 0 Å². The van der Waals surface area contributed by atoms with Crippen LogP contribution >= 0.6 is 0 Å². The van der Waals surface area contributed by atoms with Crippen molar-refractivity contribution in [2.24, 2.45) is 0 Å². The highest BCUT2D eigenvalue weighted by Gasteiger charge is 2.12. The molecule has 3 heteroatoms. The van der Waals surface area contributed by atoms with E-state index in [1.54, 1.807) is 0 Å². The van der Waals surface area contributed by atoms with E-state index < -0.39 is 0 Å². The third-order valence-electron chi connectivity index (χ3n) is 3.49. The van der Waals surface area contributed by atoms with Gasteiger partial charge in [-0.25, -0.2) is 0 Å². The average Bonchev–Trinajstić information content (AvgIpc) is 2.38. The second-order valence-electron chi connectivity index (χ2n) is 4.99. The van der Waals surface area contributed by atoms with E-state index >= 15 is 0 Å². The minimum Gasteiger partial charge on any atom is -0.398 e. The number of carbonyl (C=O) groups excluding carboxylic acids is 1. The predicted octanol–water partition coefficient (Wildman–Crippen LogP) is 3.70. The third kappa shape index (κ3) is 2.82. The number of nitrogens with two attached hydrogens (primary N) is 1. The minimum absolute atomic E-state index is 0.0933. The van der Waals surface area contributed by atoms with Crippen LogP contribution in [0.1, 0.15) is 34.0 Å². The molecule has 0 aromatic heterocycles. The molecule has 0 saturated heterocycles. The van der Waals surface area contributed by atoms with Gasteiger partial charge in [-0.05, 0) is 49.1 Å². The van der Waals surface area contributed by atoms with E-state index in [9.17, 15) is 4.79 Å². The minimum atomic E-state index is -0.0933. The maximum absolute atomic E-state index is 12.4. The van der Waals surface area contributed by atoms with Crippen molar-refractivity contribution in [3.05, 3.63) is 58.7 Å². The molecule has 0 unspecified atom stereocenters. The number of benzene rings is 2. The van der Waals surface area contributed by atoms with Crippen LogP contribution in [0.2, 0.25) is 0 Å². The lowest BCUT2D eigenvalue weighted by molar-refractivity contribution is 0.102. The molecular weight excluding hydrogens is 248 g/mol. The second kappa shape index (κ2) is 5.78. The first kappa shape index (κ1) is 14.1. The Morgan fingerprint density at radius 3 is 2.35 bits per heavy atom. The Balaban J connectivity index is 2.26. The Bertz CT molecular complexity index is 627. The summed E-state index contributed by atoms with van der Waals surface area (Å²) in [5, 5.41) is 2.91. The molecule has 104 valence electrons. The van der Waals surface area contributed by atoms with E-state index in [0.29, 0.717) is 5.69 Å². The Kier molecular flexibility index (Phi) is 4.08. The normalized spacial score (nSPS) is 10.3. The molecule has 0 bridgehead atoms. The summed E-state index contributed by atoms with van der Waals surface area (Å²) < 4.78 is 0. The zero-order chi connectivity index (χ0) is 14.7. The van der Waals surface area contributed by atoms with Crippen molar-refractivity contribution in [2.75, 3.05) is 11.1 Å². The standard InChI is InChI=1S/C17H20N2O/c1-4-13-8-9-14(10-15(13)18)19-17(20)16-11(2)6-5-7-12(16)3/h5-10H,4,18H2,1-3H3,(H,19,20). The lowest BCUT2D eigenvalue weighted by atomic mass is 10.0. The van der Waals surface area contributed by atoms with Gasteiger partial charge in [-0.1, -0.05) is 31.2 Å². The fourth-order valence-electron chi connectivity index (χ4n) is 2.36. The van der Waals surface area contributed by atoms with E-state index in [1.165, 1.54) is 0 Å². The fourth-order valence-corrected chi connectivity index (χ4v) is 2.36. The molecule has 0 saturated carbocycles. The summed E-state index contributed by atoms with van der Waals surface area (Å²) in [5.74, 6) is -0.0933. The maximum atomic E-state index is 12.4. The van der Waals surface area contributed by atoms with Crippen LogP contribution in [0.4, 0.5) is 11.4 Å². The van der Waals surface area contributed by atoms with Crippen LogP contribution in [-0.4, -0.2) is 5.91 Å². The molecule has 0 spiro atoms. The van der Waals surface area contributed by atoms with E-state index in [0.717, 1.165) is 34.4 Å². The first-order valence-corrected chi connectivity index (χ1v) is 6.79. The Morgan fingerprint density at radius 1 is 1.15 bits per heavy atom. The summed E-state index contributed by atoms with van der Waals surface area (Å²) in [6.45, 7) is 5.94. The monoisotopic (exact) mass is 268 g/mol. The summed E-state index contributed by atoms with van der Waals surface area (Å²) in [6.07, 6.45) is 0.886. The molecule has 2 aromatic carbocycles. The van der Waals surface area contributed by atoms with Gasteiger partial charge in [0.2, 0.25) is 0 Å². The van der Waals surface area contributed by atoms with Gasteiger partial charge in [-0.3, -0.25) is 4.79 Å². The molecule has 20 heavy (non-hydrogen) atoms. The van der Waals surface area contributed by atoms with E-state index in [1.807, 2.05) is 50.2 Å². The molecule has 2 aromatic rings. The maximum Gasteiger partial charge on any atom is 0.256 e. The van der Waals surface area contributed by atoms with Crippen LogP contribution in [0.25, 0.3) is 0 Å². The highest BCUT2D eigenvalue weighted by atomic mass is 16.1. The van der Waals surface area contributed by atoms with Crippen molar-refractivity contribution in [3.63, 3.8) is 0 Å². The largest absolute Gasteiger partial charge is 0.398 e. The molecule has 3 nitrogen and oxygen atoms in total. The Labute approximate surface area is 119 Å². The van der Waals surface area contributed by atoms with E-state index in [4.69, 9.17) is 5.73 Å². The van der Waals surface area contributed by atoms with Crippen LogP contribution in [0.3, 0.4) is 0 Å². The number of nitrogens with one attached hydrogen (secondary N) is 1. The molecule has 1 amide bonds. The fraction of sp³-hybridized carbons (Fsp3) is 0.235. The van der Waals surface area contributed by atoms with Crippen molar-refractivity contribution in [1.82, 2.24) is 0 Å². The number of nitrogen functional groups attached to an aromatic ring is 1. The summed E-state index contributed by atoms with van der Waals surface area (Å²) >= 11 is 0. The highest BCUT2D eigenvalue weighted by Crippen LogP contribution is 2.20. The van der Waals surface area contributed by atoms with Gasteiger partial charge in [-0.15, -0.1) is 0 Å². The zero-order valence-corrected chi connectivity index (χ0v) is 12.2. The van der Waals surface area contributed by atoms with Gasteiger partial charge in [0.25, 0.3) is 5.91 Å². The second-order valence-corrected chi connectivity index (χ2v) is 4.99. The van der Waals surface area contributed by atoms with E-state index in [-0.39, 0.29) is 5.91 Å². The van der Waals surface area contributed by atoms with Gasteiger partial charge in [-0.2, -0.15) is 0 Å². The van der Waals surface area contributed by atoms with Crippen molar-refractivity contribution in [3.8, 4) is 0 Å². The van der Waals surface area contributed by atoms with Crippen LogP contribution in [0, 0.1) is 13.8 Å². The molecular formula is C17H20N2O. The number of hydrogen-bond acceptors (Lipinski definition) is 2. The van der Waals surface area contributed by atoms with Gasteiger partial charge < -0.3 is 11.1 Å². The van der Waals surface area contributed by atoms with Gasteiger partial charge in [0.15, 0.2) is 0 Å². The van der Waals surface area contributed by atoms with Gasteiger partial charge >= 0.3 is 0 Å². The number of anilines is 2. The number of amides is 1. The molecule has 0 aliphatic carbocycles. The molecule has 0 aliphatic heterocycles. The van der Waals surface area contributed by atoms with Gasteiger partial charge in [0, 0.05) is 16.9 Å². The van der Waals surface area contributed by atoms with Crippen LogP contribution in [0.15, 0.2) is 36.4 Å². The summed E-state index contributed by atoms with van der Waals surface area (Å²) in [6, 6.07) is 11.5. The summed E-state index contributed by atoms with van der Waals surface area (Å²) in [4.78, 5) is 12.4. The first-order chi connectivity index (χ1) is 9.52. The Hall–Kier alpha value is -2.29. The van der Waals surface area contributed by atoms with Gasteiger partial charge in [0.1, 0.15) is 0 Å². The van der Waals surface area contributed by atoms with Crippen LogP contribution < -0.4 is 11.1 Å². The lowest BCUT2D eigenvalue weighted by Gasteiger charge is -2.12. The predicted molar refractivity (Wildman–Crippen MR) is 84.1 cm³/mol. The van der Waals surface area contributed by atoms with Crippen LogP contribution in [-0.2, 0) is 6.42 Å². The smallest absolute Gasteiger partial charge is 0.256 e. The Morgan fingerprint density at radius 2 is 1.80 bits per heavy atom. The molecule has 3 N–H and O–H groups in total. The SMILES string of the molecule is CCc1ccc(NC(=O)c2c(C)cccc2C)cc1N. The van der Waals surface area contributed by atoms with Gasteiger partial charge in [0.05, 0.1) is 0 Å². The number of rotatable bonds is 3. The van der Waals surface area contributed by atoms with Crippen molar-refractivity contribution < 1.29 is 4.79 Å². The summed E-state index contributed by atoms with van der Waals surface area (Å²) in [5.41, 5.74) is 11.2.